The van der Waals surface area contributed by atoms with Gasteiger partial charge in [-0.15, -0.1) is 0 Å². The van der Waals surface area contributed by atoms with Crippen LogP contribution in [0, 0.1) is 12.3 Å². The summed E-state index contributed by atoms with van der Waals surface area (Å²) in [6, 6.07) is 2.34. The monoisotopic (exact) mass is 291 g/mol. The molecular weight excluding hydrogens is 262 g/mol. The molecule has 3 heteroatoms. The molecule has 1 heterocycles. The Morgan fingerprint density at radius 1 is 1.14 bits per heavy atom. The number of rotatable bonds is 1. The molecule has 1 saturated carbocycles. The maximum absolute atomic E-state index is 10.6. The van der Waals surface area contributed by atoms with Crippen molar-refractivity contribution in [1.82, 2.24) is 4.57 Å². The lowest BCUT2D eigenvalue weighted by atomic mass is 9.75. The van der Waals surface area contributed by atoms with Gasteiger partial charge in [0.1, 0.15) is 0 Å². The molecule has 3 unspecified atom stereocenters. The molecule has 0 saturated heterocycles. The summed E-state index contributed by atoms with van der Waals surface area (Å²) >= 11 is 0. The average Bonchev–Trinajstić information content (AvgIpc) is 2.56. The molecule has 0 aromatic carbocycles. The van der Waals surface area contributed by atoms with Crippen LogP contribution in [-0.2, 0) is 6.42 Å². The van der Waals surface area contributed by atoms with E-state index in [-0.39, 0.29) is 23.7 Å². The summed E-state index contributed by atoms with van der Waals surface area (Å²) in [4.78, 5) is 0. The van der Waals surface area contributed by atoms with Gasteiger partial charge >= 0.3 is 0 Å². The van der Waals surface area contributed by atoms with Gasteiger partial charge in [0, 0.05) is 17.0 Å². The molecule has 0 radical (unpaired) electrons. The van der Waals surface area contributed by atoms with Gasteiger partial charge in [0.05, 0.1) is 18.2 Å². The number of aromatic nitrogens is 1. The first-order chi connectivity index (χ1) is 9.89. The highest BCUT2D eigenvalue weighted by molar-refractivity contribution is 5.34. The van der Waals surface area contributed by atoms with Crippen LogP contribution in [0.25, 0.3) is 0 Å². The smallest absolute Gasteiger partial charge is 0.0812 e. The number of aryl methyl sites for hydroxylation is 1. The van der Waals surface area contributed by atoms with E-state index >= 15 is 0 Å². The highest BCUT2D eigenvalue weighted by atomic mass is 16.3. The van der Waals surface area contributed by atoms with Crippen LogP contribution in [0.4, 0.5) is 0 Å². The maximum atomic E-state index is 10.6. The van der Waals surface area contributed by atoms with Crippen LogP contribution in [0.2, 0.25) is 0 Å². The van der Waals surface area contributed by atoms with Crippen LogP contribution in [0.5, 0.6) is 0 Å². The van der Waals surface area contributed by atoms with Gasteiger partial charge in [-0.05, 0) is 44.1 Å². The second kappa shape index (κ2) is 5.44. The van der Waals surface area contributed by atoms with Gasteiger partial charge in [-0.1, -0.05) is 33.1 Å². The van der Waals surface area contributed by atoms with Gasteiger partial charge in [-0.25, -0.2) is 0 Å². The van der Waals surface area contributed by atoms with E-state index < -0.39 is 0 Å². The summed E-state index contributed by atoms with van der Waals surface area (Å²) in [5, 5.41) is 21.0. The summed E-state index contributed by atoms with van der Waals surface area (Å²) in [5.74, 6) is 0. The number of fused-ring (bicyclic) bond motifs is 1. The Balaban J connectivity index is 2.03. The third-order valence-corrected chi connectivity index (χ3v) is 5.39. The number of aliphatic hydroxyl groups excluding tert-OH is 2. The van der Waals surface area contributed by atoms with Crippen molar-refractivity contribution in [3.63, 3.8) is 0 Å². The molecule has 3 rings (SSSR count). The summed E-state index contributed by atoms with van der Waals surface area (Å²) in [6.45, 7) is 6.58. The predicted molar refractivity (Wildman–Crippen MR) is 84.4 cm³/mol. The minimum atomic E-state index is -0.355. The first-order valence-corrected chi connectivity index (χ1v) is 8.46. The fourth-order valence-electron chi connectivity index (χ4n) is 4.40. The molecule has 21 heavy (non-hydrogen) atoms. The molecule has 118 valence electrons. The maximum Gasteiger partial charge on any atom is 0.0812 e. The second-order valence-corrected chi connectivity index (χ2v) is 7.89. The summed E-state index contributed by atoms with van der Waals surface area (Å²) in [6.07, 6.45) is 6.74. The molecule has 0 spiro atoms. The van der Waals surface area contributed by atoms with Gasteiger partial charge in [-0.3, -0.25) is 0 Å². The summed E-state index contributed by atoms with van der Waals surface area (Å²) in [5.41, 5.74) is 3.69. The Morgan fingerprint density at radius 2 is 1.86 bits per heavy atom. The molecule has 1 aromatic rings. The van der Waals surface area contributed by atoms with Crippen LogP contribution in [0.15, 0.2) is 6.07 Å². The molecule has 3 nitrogen and oxygen atoms in total. The van der Waals surface area contributed by atoms with E-state index in [1.807, 2.05) is 0 Å². The molecule has 0 aliphatic heterocycles. The number of hydrogen-bond donors (Lipinski definition) is 2. The number of hydrogen-bond acceptors (Lipinski definition) is 2. The Morgan fingerprint density at radius 3 is 2.62 bits per heavy atom. The van der Waals surface area contributed by atoms with Crippen LogP contribution in [0.1, 0.15) is 81.5 Å². The van der Waals surface area contributed by atoms with Crippen molar-refractivity contribution in [3.8, 4) is 0 Å². The largest absolute Gasteiger partial charge is 0.391 e. The average molecular weight is 291 g/mol. The molecule has 3 atom stereocenters. The third-order valence-electron chi connectivity index (χ3n) is 5.39. The first-order valence-electron chi connectivity index (χ1n) is 8.46. The van der Waals surface area contributed by atoms with Crippen LogP contribution >= 0.6 is 0 Å². The van der Waals surface area contributed by atoms with Crippen LogP contribution < -0.4 is 0 Å². The lowest BCUT2D eigenvalue weighted by Gasteiger charge is -2.36. The quantitative estimate of drug-likeness (QED) is 0.775. The van der Waals surface area contributed by atoms with Crippen LogP contribution in [-0.4, -0.2) is 20.9 Å². The van der Waals surface area contributed by atoms with E-state index in [9.17, 15) is 10.2 Å². The van der Waals surface area contributed by atoms with Gasteiger partial charge < -0.3 is 14.8 Å². The summed E-state index contributed by atoms with van der Waals surface area (Å²) < 4.78 is 2.36. The molecule has 2 aliphatic carbocycles. The molecule has 2 N–H and O–H groups in total. The highest BCUT2D eigenvalue weighted by Crippen LogP contribution is 2.44. The Bertz CT molecular complexity index is 518. The highest BCUT2D eigenvalue weighted by Gasteiger charge is 2.36. The molecule has 0 bridgehead atoms. The molecule has 1 fully saturated rings. The minimum Gasteiger partial charge on any atom is -0.391 e. The molecule has 1 aromatic heterocycles. The van der Waals surface area contributed by atoms with Crippen molar-refractivity contribution in [1.29, 1.82) is 0 Å². The van der Waals surface area contributed by atoms with Crippen LogP contribution in [0.3, 0.4) is 0 Å². The zero-order valence-electron chi connectivity index (χ0n) is 13.6. The normalized spacial score (nSPS) is 32.5. The third kappa shape index (κ3) is 2.78. The van der Waals surface area contributed by atoms with E-state index in [4.69, 9.17) is 0 Å². The van der Waals surface area contributed by atoms with Crippen molar-refractivity contribution in [3.05, 3.63) is 23.0 Å². The number of nitrogens with zero attached hydrogens (tertiary/aromatic N) is 1. The topological polar surface area (TPSA) is 45.4 Å². The molecular formula is C18H29NO2. The number of aliphatic hydroxyl groups is 2. The van der Waals surface area contributed by atoms with E-state index in [0.29, 0.717) is 0 Å². The predicted octanol–water partition coefficient (Wildman–Crippen LogP) is 3.67. The summed E-state index contributed by atoms with van der Waals surface area (Å²) in [7, 11) is 0. The van der Waals surface area contributed by atoms with E-state index in [1.54, 1.807) is 0 Å². The van der Waals surface area contributed by atoms with Gasteiger partial charge in [0.2, 0.25) is 0 Å². The lowest BCUT2D eigenvalue weighted by molar-refractivity contribution is 0.0856. The Kier molecular flexibility index (Phi) is 3.91. The Labute approximate surface area is 128 Å². The van der Waals surface area contributed by atoms with E-state index in [0.717, 1.165) is 37.7 Å². The van der Waals surface area contributed by atoms with E-state index in [1.165, 1.54) is 24.2 Å². The second-order valence-electron chi connectivity index (χ2n) is 7.89. The van der Waals surface area contributed by atoms with Gasteiger partial charge in [0.15, 0.2) is 0 Å². The van der Waals surface area contributed by atoms with Crippen molar-refractivity contribution >= 4 is 0 Å². The van der Waals surface area contributed by atoms with Crippen molar-refractivity contribution in [2.45, 2.75) is 84.0 Å². The van der Waals surface area contributed by atoms with Gasteiger partial charge in [0.25, 0.3) is 0 Å². The minimum absolute atomic E-state index is 0.130. The SMILES string of the molecule is Cc1cc2c(n1C1CCCCCC1O)CC(C)(C)CC2O. The van der Waals surface area contributed by atoms with E-state index in [2.05, 4.69) is 31.4 Å². The Hall–Kier alpha value is -0.800. The zero-order chi connectivity index (χ0) is 15.2. The van der Waals surface area contributed by atoms with Crippen molar-refractivity contribution in [2.75, 3.05) is 0 Å². The first kappa shape index (κ1) is 15.1. The fourth-order valence-corrected chi connectivity index (χ4v) is 4.40. The fraction of sp³-hybridized carbons (Fsp3) is 0.778. The van der Waals surface area contributed by atoms with Crippen molar-refractivity contribution in [2.24, 2.45) is 5.41 Å². The lowest BCUT2D eigenvalue weighted by Crippen LogP contribution is -2.31. The zero-order valence-corrected chi connectivity index (χ0v) is 13.6. The standard InChI is InChI=1S/C18H29NO2/c1-12-9-13-15(10-18(2,3)11-17(13)21)19(12)14-7-5-4-6-8-16(14)20/h9,14,16-17,20-21H,4-8,10-11H2,1-3H3. The molecule has 2 aliphatic rings. The van der Waals surface area contributed by atoms with Crippen molar-refractivity contribution < 1.29 is 10.2 Å². The molecule has 0 amide bonds. The van der Waals surface area contributed by atoms with Gasteiger partial charge in [-0.2, -0.15) is 0 Å².